The van der Waals surface area contributed by atoms with Crippen molar-refractivity contribution >= 4 is 29.1 Å². The molecule has 0 saturated carbocycles. The van der Waals surface area contributed by atoms with E-state index >= 15 is 0 Å². The van der Waals surface area contributed by atoms with Crippen LogP contribution in [0.2, 0.25) is 5.02 Å². The summed E-state index contributed by atoms with van der Waals surface area (Å²) in [4.78, 5) is 28.1. The van der Waals surface area contributed by atoms with Gasteiger partial charge in [-0.1, -0.05) is 43.5 Å². The van der Waals surface area contributed by atoms with Gasteiger partial charge in [-0.25, -0.2) is 0 Å². The van der Waals surface area contributed by atoms with Gasteiger partial charge in [-0.3, -0.25) is 14.3 Å². The van der Waals surface area contributed by atoms with E-state index in [2.05, 4.69) is 10.4 Å². The van der Waals surface area contributed by atoms with Gasteiger partial charge in [-0.05, 0) is 55.7 Å². The lowest BCUT2D eigenvalue weighted by Crippen LogP contribution is -2.39. The van der Waals surface area contributed by atoms with E-state index in [0.717, 1.165) is 32.1 Å². The third kappa shape index (κ3) is 6.57. The molecule has 2 heterocycles. The van der Waals surface area contributed by atoms with Gasteiger partial charge in [0.25, 0.3) is 5.91 Å². The number of ether oxygens (including phenoxy) is 2. The number of benzene rings is 2. The smallest absolute Gasteiger partial charge is 0.272 e. The number of carbonyl (C=O) groups excluding carboxylic acids is 2. The summed E-state index contributed by atoms with van der Waals surface area (Å²) in [6.07, 6.45) is 5.99. The summed E-state index contributed by atoms with van der Waals surface area (Å²) in [6, 6.07) is 14.2. The molecule has 0 aliphatic carbocycles. The van der Waals surface area contributed by atoms with Crippen molar-refractivity contribution in [3.8, 4) is 17.2 Å². The molecule has 190 valence electrons. The lowest BCUT2D eigenvalue weighted by atomic mass is 10.2. The lowest BCUT2D eigenvalue weighted by molar-refractivity contribution is -0.116. The van der Waals surface area contributed by atoms with Gasteiger partial charge in [0.15, 0.2) is 17.2 Å². The minimum atomic E-state index is -0.339. The fourth-order valence-corrected chi connectivity index (χ4v) is 4.26. The van der Waals surface area contributed by atoms with Crippen molar-refractivity contribution < 1.29 is 19.1 Å². The van der Waals surface area contributed by atoms with Crippen molar-refractivity contribution in [3.05, 3.63) is 65.4 Å². The van der Waals surface area contributed by atoms with Crippen molar-refractivity contribution in [2.75, 3.05) is 25.0 Å². The number of nitrogens with zero attached hydrogens (tertiary/aromatic N) is 3. The van der Waals surface area contributed by atoms with Crippen LogP contribution in [0.5, 0.6) is 17.2 Å². The number of rotatable bonds is 3. The Kier molecular flexibility index (Phi) is 8.84. The van der Waals surface area contributed by atoms with E-state index in [-0.39, 0.29) is 18.4 Å². The van der Waals surface area contributed by atoms with Gasteiger partial charge < -0.3 is 19.7 Å². The molecule has 0 unspecified atom stereocenters. The normalized spacial score (nSPS) is 15.2. The first-order valence-corrected chi connectivity index (χ1v) is 12.7. The van der Waals surface area contributed by atoms with E-state index in [1.54, 1.807) is 40.0 Å². The maximum absolute atomic E-state index is 13.4. The second-order valence-corrected chi connectivity index (χ2v) is 9.10. The molecule has 0 saturated heterocycles. The Balaban J connectivity index is 1.60. The maximum Gasteiger partial charge on any atom is 0.272 e. The molecular weight excluding hydrogens is 480 g/mol. The number of nitrogens with one attached hydrogen (secondary N) is 1. The number of fused-ring (bicyclic) bond motifs is 2. The van der Waals surface area contributed by atoms with E-state index in [4.69, 9.17) is 21.1 Å². The largest absolute Gasteiger partial charge is 0.490 e. The molecule has 0 bridgehead atoms. The first-order chi connectivity index (χ1) is 17.5. The second kappa shape index (κ2) is 12.4. The molecule has 3 aromatic rings. The Morgan fingerprint density at radius 1 is 1.06 bits per heavy atom. The predicted molar refractivity (Wildman–Crippen MR) is 139 cm³/mol. The zero-order valence-electron chi connectivity index (χ0n) is 20.4. The zero-order valence-corrected chi connectivity index (χ0v) is 21.2. The topological polar surface area (TPSA) is 85.7 Å². The molecule has 0 atom stereocenters. The van der Waals surface area contributed by atoms with Crippen molar-refractivity contribution in [1.29, 1.82) is 0 Å². The highest BCUT2D eigenvalue weighted by Gasteiger charge is 2.23. The molecule has 0 radical (unpaired) electrons. The van der Waals surface area contributed by atoms with E-state index in [1.165, 1.54) is 0 Å². The summed E-state index contributed by atoms with van der Waals surface area (Å²) in [5.74, 6) is 1.06. The monoisotopic (exact) mass is 510 g/mol. The third-order valence-corrected chi connectivity index (χ3v) is 6.09. The number of hydrogen-bond acceptors (Lipinski definition) is 5. The van der Waals surface area contributed by atoms with Crippen LogP contribution < -0.4 is 14.8 Å². The molecule has 4 rings (SSSR count). The Labute approximate surface area is 216 Å². The molecule has 1 N–H and O–H groups in total. The minimum Gasteiger partial charge on any atom is -0.490 e. The SMILES string of the molecule is CCCn1nccc1C(=O)N1CCCCCCOc2ccccc2Oc2ccc(Cl)cc2NC(=O)C1. The molecule has 1 aliphatic heterocycles. The number of amides is 2. The molecule has 0 spiro atoms. The van der Waals surface area contributed by atoms with Gasteiger partial charge in [0, 0.05) is 24.3 Å². The van der Waals surface area contributed by atoms with Crippen LogP contribution in [0.4, 0.5) is 5.69 Å². The molecule has 0 fully saturated rings. The van der Waals surface area contributed by atoms with Crippen LogP contribution in [0.15, 0.2) is 54.7 Å². The van der Waals surface area contributed by atoms with E-state index in [9.17, 15) is 9.59 Å². The van der Waals surface area contributed by atoms with Gasteiger partial charge >= 0.3 is 0 Å². The second-order valence-electron chi connectivity index (χ2n) is 8.67. The van der Waals surface area contributed by atoms with Crippen molar-refractivity contribution in [3.63, 3.8) is 0 Å². The molecule has 1 aromatic heterocycles. The van der Waals surface area contributed by atoms with Crippen LogP contribution in [0.3, 0.4) is 0 Å². The standard InChI is InChI=1S/C27H31ClN4O4/c1-2-15-32-22(13-14-29-32)27(34)31-16-7-3-4-8-17-35-24-9-5-6-10-25(24)36-23-12-11-20(28)18-21(23)30-26(33)19-31/h5-6,9-14,18H,2-4,7-8,15-17,19H2,1H3,(H,30,33). The van der Waals surface area contributed by atoms with Crippen molar-refractivity contribution in [1.82, 2.24) is 14.7 Å². The molecule has 9 heteroatoms. The van der Waals surface area contributed by atoms with Crippen LogP contribution in [-0.4, -0.2) is 46.2 Å². The van der Waals surface area contributed by atoms with Crippen LogP contribution in [-0.2, 0) is 11.3 Å². The van der Waals surface area contributed by atoms with E-state index in [0.29, 0.717) is 53.3 Å². The maximum atomic E-state index is 13.4. The number of halogens is 1. The number of aromatic nitrogens is 2. The zero-order chi connectivity index (χ0) is 25.3. The van der Waals surface area contributed by atoms with Gasteiger partial charge in [-0.15, -0.1) is 0 Å². The quantitative estimate of drug-likeness (QED) is 0.483. The van der Waals surface area contributed by atoms with Gasteiger partial charge in [0.05, 0.1) is 12.3 Å². The minimum absolute atomic E-state index is 0.0954. The van der Waals surface area contributed by atoms with Crippen LogP contribution >= 0.6 is 11.6 Å². The van der Waals surface area contributed by atoms with Gasteiger partial charge in [0.2, 0.25) is 5.91 Å². The molecule has 2 aromatic carbocycles. The Morgan fingerprint density at radius 2 is 1.86 bits per heavy atom. The lowest BCUT2D eigenvalue weighted by Gasteiger charge is -2.23. The highest BCUT2D eigenvalue weighted by molar-refractivity contribution is 6.31. The molecular formula is C27H31ClN4O4. The number of hydrogen-bond donors (Lipinski definition) is 1. The predicted octanol–water partition coefficient (Wildman–Crippen LogP) is 5.77. The summed E-state index contributed by atoms with van der Waals surface area (Å²) in [6.45, 7) is 3.60. The Morgan fingerprint density at radius 3 is 2.69 bits per heavy atom. The number of anilines is 1. The summed E-state index contributed by atoms with van der Waals surface area (Å²) < 4.78 is 13.8. The molecule has 1 aliphatic rings. The molecule has 8 nitrogen and oxygen atoms in total. The average molecular weight is 511 g/mol. The van der Waals surface area contributed by atoms with Crippen molar-refractivity contribution in [2.45, 2.75) is 45.6 Å². The molecule has 36 heavy (non-hydrogen) atoms. The van der Waals surface area contributed by atoms with Gasteiger partial charge in [0.1, 0.15) is 12.2 Å². The van der Waals surface area contributed by atoms with Gasteiger partial charge in [-0.2, -0.15) is 5.10 Å². The van der Waals surface area contributed by atoms with E-state index in [1.807, 2.05) is 31.2 Å². The average Bonchev–Trinajstić information content (AvgIpc) is 3.32. The Hall–Kier alpha value is -3.52. The summed E-state index contributed by atoms with van der Waals surface area (Å²) >= 11 is 6.23. The molecule has 2 amide bonds. The first-order valence-electron chi connectivity index (χ1n) is 12.4. The summed E-state index contributed by atoms with van der Waals surface area (Å²) in [7, 11) is 0. The number of carbonyl (C=O) groups is 2. The number of para-hydroxylation sites is 2. The first kappa shape index (κ1) is 25.6. The number of aryl methyl sites for hydroxylation is 1. The van der Waals surface area contributed by atoms with Crippen LogP contribution in [0.25, 0.3) is 0 Å². The van der Waals surface area contributed by atoms with E-state index < -0.39 is 0 Å². The highest BCUT2D eigenvalue weighted by Crippen LogP contribution is 2.36. The fourth-order valence-electron chi connectivity index (χ4n) is 4.08. The summed E-state index contributed by atoms with van der Waals surface area (Å²) in [5.41, 5.74) is 0.897. The van der Waals surface area contributed by atoms with Crippen LogP contribution in [0, 0.1) is 0 Å². The fraction of sp³-hybridized carbons (Fsp3) is 0.370. The Bertz CT molecular complexity index is 1200. The third-order valence-electron chi connectivity index (χ3n) is 5.86. The van der Waals surface area contributed by atoms with Crippen molar-refractivity contribution in [2.24, 2.45) is 0 Å². The van der Waals surface area contributed by atoms with Crippen LogP contribution in [0.1, 0.15) is 49.5 Å². The highest BCUT2D eigenvalue weighted by atomic mass is 35.5. The summed E-state index contributed by atoms with van der Waals surface area (Å²) in [5, 5.41) is 7.60.